The van der Waals surface area contributed by atoms with Gasteiger partial charge in [-0.1, -0.05) is 6.92 Å². The fourth-order valence-electron chi connectivity index (χ4n) is 1.06. The molecule has 0 rings (SSSR count). The molecule has 0 spiro atoms. The molecule has 0 amide bonds. The summed E-state index contributed by atoms with van der Waals surface area (Å²) in [6.45, 7) is 7.43. The molecular formula is C12H22O6. The van der Waals surface area contributed by atoms with Gasteiger partial charge in [0.15, 0.2) is 5.79 Å². The quantitative estimate of drug-likeness (QED) is 0.354. The highest BCUT2D eigenvalue weighted by Gasteiger charge is 2.18. The number of carbonyl (C=O) groups is 2. The van der Waals surface area contributed by atoms with Crippen molar-refractivity contribution >= 4 is 11.9 Å². The van der Waals surface area contributed by atoms with Gasteiger partial charge in [0.1, 0.15) is 13.2 Å². The number of hydrogen-bond acceptors (Lipinski definition) is 6. The van der Waals surface area contributed by atoms with Crippen molar-refractivity contribution in [3.63, 3.8) is 0 Å². The summed E-state index contributed by atoms with van der Waals surface area (Å²) in [7, 11) is 0. The van der Waals surface area contributed by atoms with Crippen molar-refractivity contribution in [3.8, 4) is 0 Å². The van der Waals surface area contributed by atoms with E-state index in [1.165, 1.54) is 6.92 Å². The first-order chi connectivity index (χ1) is 8.37. The van der Waals surface area contributed by atoms with E-state index in [9.17, 15) is 9.59 Å². The van der Waals surface area contributed by atoms with Gasteiger partial charge in [-0.2, -0.15) is 0 Å². The van der Waals surface area contributed by atoms with Gasteiger partial charge in [0.05, 0.1) is 13.2 Å². The molecule has 18 heavy (non-hydrogen) atoms. The van der Waals surface area contributed by atoms with Gasteiger partial charge in [0, 0.05) is 13.3 Å². The van der Waals surface area contributed by atoms with Crippen molar-refractivity contribution in [2.75, 3.05) is 26.4 Å². The van der Waals surface area contributed by atoms with Crippen molar-refractivity contribution < 1.29 is 28.5 Å². The zero-order valence-corrected chi connectivity index (χ0v) is 11.5. The summed E-state index contributed by atoms with van der Waals surface area (Å²) in [5.41, 5.74) is 0. The van der Waals surface area contributed by atoms with Gasteiger partial charge in [-0.3, -0.25) is 9.59 Å². The van der Waals surface area contributed by atoms with Crippen LogP contribution in [0.2, 0.25) is 0 Å². The lowest BCUT2D eigenvalue weighted by Gasteiger charge is -2.25. The van der Waals surface area contributed by atoms with E-state index in [4.69, 9.17) is 18.9 Å². The van der Waals surface area contributed by atoms with Crippen LogP contribution in [-0.2, 0) is 28.5 Å². The molecule has 0 aromatic rings. The van der Waals surface area contributed by atoms with Gasteiger partial charge in [0.25, 0.3) is 0 Å². The summed E-state index contributed by atoms with van der Waals surface area (Å²) in [4.78, 5) is 21.4. The lowest BCUT2D eigenvalue weighted by Crippen LogP contribution is -2.31. The second kappa shape index (κ2) is 8.88. The Morgan fingerprint density at radius 3 is 1.89 bits per heavy atom. The number of rotatable bonds is 9. The minimum Gasteiger partial charge on any atom is -0.463 e. The topological polar surface area (TPSA) is 71.1 Å². The molecule has 0 fully saturated rings. The molecule has 0 bridgehead atoms. The van der Waals surface area contributed by atoms with Gasteiger partial charge in [-0.05, 0) is 13.8 Å². The van der Waals surface area contributed by atoms with E-state index in [-0.39, 0.29) is 38.4 Å². The third-order valence-corrected chi connectivity index (χ3v) is 1.92. The number of ether oxygens (including phenoxy) is 4. The van der Waals surface area contributed by atoms with E-state index in [1.807, 2.05) is 0 Å². The Morgan fingerprint density at radius 2 is 1.44 bits per heavy atom. The van der Waals surface area contributed by atoms with E-state index in [2.05, 4.69) is 0 Å². The third kappa shape index (κ3) is 10.0. The summed E-state index contributed by atoms with van der Waals surface area (Å²) in [5, 5.41) is 0. The molecule has 0 aromatic heterocycles. The molecule has 0 unspecified atom stereocenters. The summed E-state index contributed by atoms with van der Waals surface area (Å²) >= 11 is 0. The molecule has 0 aromatic carbocycles. The highest BCUT2D eigenvalue weighted by atomic mass is 16.7. The Balaban J connectivity index is 3.60. The molecule has 0 heterocycles. The predicted octanol–water partition coefficient (Wildman–Crippen LogP) is 1.27. The third-order valence-electron chi connectivity index (χ3n) is 1.92. The molecule has 0 saturated carbocycles. The van der Waals surface area contributed by atoms with E-state index in [1.54, 1.807) is 20.8 Å². The largest absolute Gasteiger partial charge is 0.463 e. The van der Waals surface area contributed by atoms with E-state index >= 15 is 0 Å². The van der Waals surface area contributed by atoms with E-state index < -0.39 is 5.79 Å². The molecule has 0 atom stereocenters. The average molecular weight is 262 g/mol. The first-order valence-corrected chi connectivity index (χ1v) is 5.94. The van der Waals surface area contributed by atoms with Crippen molar-refractivity contribution in [2.24, 2.45) is 0 Å². The molecule has 0 aliphatic heterocycles. The molecule has 0 saturated heterocycles. The van der Waals surface area contributed by atoms with Crippen LogP contribution in [0.4, 0.5) is 0 Å². The molecule has 0 N–H and O–H groups in total. The maximum atomic E-state index is 10.9. The summed E-state index contributed by atoms with van der Waals surface area (Å²) in [6, 6.07) is 0. The minimum atomic E-state index is -0.807. The van der Waals surface area contributed by atoms with Crippen LogP contribution in [-0.4, -0.2) is 44.2 Å². The van der Waals surface area contributed by atoms with Crippen LogP contribution in [0.3, 0.4) is 0 Å². The standard InChI is InChI=1S/C12H22O6/c1-5-11(14)16-7-9-18-12(3,4)17-8-6-15-10(2)13/h5-9H2,1-4H3. The van der Waals surface area contributed by atoms with E-state index in [0.29, 0.717) is 6.42 Å². The smallest absolute Gasteiger partial charge is 0.305 e. The maximum Gasteiger partial charge on any atom is 0.305 e. The molecule has 6 nitrogen and oxygen atoms in total. The SMILES string of the molecule is CCC(=O)OCCOC(C)(C)OCCOC(C)=O. The van der Waals surface area contributed by atoms with Gasteiger partial charge < -0.3 is 18.9 Å². The van der Waals surface area contributed by atoms with Crippen LogP contribution < -0.4 is 0 Å². The van der Waals surface area contributed by atoms with Gasteiger partial charge >= 0.3 is 11.9 Å². The Hall–Kier alpha value is -1.14. The molecule has 106 valence electrons. The first kappa shape index (κ1) is 16.9. The highest BCUT2D eigenvalue weighted by molar-refractivity contribution is 5.68. The fourth-order valence-corrected chi connectivity index (χ4v) is 1.06. The van der Waals surface area contributed by atoms with Crippen LogP contribution in [0.25, 0.3) is 0 Å². The normalized spacial score (nSPS) is 11.1. The van der Waals surface area contributed by atoms with E-state index in [0.717, 1.165) is 0 Å². The fraction of sp³-hybridized carbons (Fsp3) is 0.833. The van der Waals surface area contributed by atoms with Crippen molar-refractivity contribution in [3.05, 3.63) is 0 Å². The van der Waals surface area contributed by atoms with Crippen LogP contribution in [0.1, 0.15) is 34.1 Å². The van der Waals surface area contributed by atoms with Crippen LogP contribution in [0.5, 0.6) is 0 Å². The minimum absolute atomic E-state index is 0.187. The molecule has 0 radical (unpaired) electrons. The molecule has 0 aliphatic carbocycles. The average Bonchev–Trinajstić information content (AvgIpc) is 2.30. The van der Waals surface area contributed by atoms with Crippen molar-refractivity contribution in [1.82, 2.24) is 0 Å². The zero-order chi connectivity index (χ0) is 14.0. The Morgan fingerprint density at radius 1 is 0.944 bits per heavy atom. The highest BCUT2D eigenvalue weighted by Crippen LogP contribution is 2.10. The number of hydrogen-bond donors (Lipinski definition) is 0. The van der Waals surface area contributed by atoms with Gasteiger partial charge in [-0.25, -0.2) is 0 Å². The summed E-state index contributed by atoms with van der Waals surface area (Å²) < 4.78 is 20.3. The van der Waals surface area contributed by atoms with Gasteiger partial charge in [-0.15, -0.1) is 0 Å². The first-order valence-electron chi connectivity index (χ1n) is 5.94. The lowest BCUT2D eigenvalue weighted by molar-refractivity contribution is -0.223. The monoisotopic (exact) mass is 262 g/mol. The predicted molar refractivity (Wildman–Crippen MR) is 63.9 cm³/mol. The second-order valence-corrected chi connectivity index (χ2v) is 4.01. The van der Waals surface area contributed by atoms with Gasteiger partial charge in [0.2, 0.25) is 0 Å². The van der Waals surface area contributed by atoms with Crippen LogP contribution in [0, 0.1) is 0 Å². The lowest BCUT2D eigenvalue weighted by atomic mass is 10.4. The maximum absolute atomic E-state index is 10.9. The van der Waals surface area contributed by atoms with Crippen LogP contribution in [0.15, 0.2) is 0 Å². The number of carbonyl (C=O) groups excluding carboxylic acids is 2. The van der Waals surface area contributed by atoms with Crippen molar-refractivity contribution in [2.45, 2.75) is 39.9 Å². The Kier molecular flexibility index (Phi) is 8.32. The zero-order valence-electron chi connectivity index (χ0n) is 11.5. The second-order valence-electron chi connectivity index (χ2n) is 4.01. The molecular weight excluding hydrogens is 240 g/mol. The number of esters is 2. The molecule has 0 aliphatic rings. The van der Waals surface area contributed by atoms with Crippen molar-refractivity contribution in [1.29, 1.82) is 0 Å². The molecule has 6 heteroatoms. The van der Waals surface area contributed by atoms with Crippen LogP contribution >= 0.6 is 0 Å². The summed E-state index contributed by atoms with van der Waals surface area (Å²) in [6.07, 6.45) is 0.349. The Bertz CT molecular complexity index is 261. The summed E-state index contributed by atoms with van der Waals surface area (Å²) in [5.74, 6) is -1.41. The Labute approximate surface area is 108 Å².